The van der Waals surface area contributed by atoms with E-state index in [1.807, 2.05) is 11.8 Å². The minimum Gasteiger partial charge on any atom is -0.450 e. The fraction of sp³-hybridized carbons (Fsp3) is 0.704. The number of benzene rings is 1. The molecule has 2 bridgehead atoms. The zero-order valence-electron chi connectivity index (χ0n) is 20.3. The van der Waals surface area contributed by atoms with Crippen molar-refractivity contribution in [1.82, 2.24) is 14.7 Å². The first-order valence-corrected chi connectivity index (χ1v) is 13.1. The molecule has 1 aromatic rings. The van der Waals surface area contributed by atoms with Crippen LogP contribution in [0.25, 0.3) is 0 Å². The topological polar surface area (TPSA) is 53.1 Å². The second kappa shape index (κ2) is 9.34. The van der Waals surface area contributed by atoms with Crippen LogP contribution in [0.3, 0.4) is 0 Å². The maximum absolute atomic E-state index is 13.0. The molecule has 0 aromatic heterocycles. The predicted octanol–water partition coefficient (Wildman–Crippen LogP) is 4.35. The lowest BCUT2D eigenvalue weighted by Crippen LogP contribution is -2.57. The van der Waals surface area contributed by atoms with Crippen LogP contribution in [-0.4, -0.2) is 71.1 Å². The van der Waals surface area contributed by atoms with Crippen molar-refractivity contribution in [3.63, 3.8) is 0 Å². The van der Waals surface area contributed by atoms with Crippen molar-refractivity contribution in [2.45, 2.75) is 88.4 Å². The van der Waals surface area contributed by atoms with E-state index in [1.165, 1.54) is 11.1 Å². The van der Waals surface area contributed by atoms with Crippen LogP contribution in [0.4, 0.5) is 4.79 Å². The number of fused-ring (bicyclic) bond motifs is 4. The number of hydrogen-bond acceptors (Lipinski definition) is 4. The molecule has 1 aliphatic carbocycles. The van der Waals surface area contributed by atoms with Crippen molar-refractivity contribution < 1.29 is 14.3 Å². The number of amides is 2. The average Bonchev–Trinajstić information content (AvgIpc) is 3.64. The number of halogens is 1. The van der Waals surface area contributed by atoms with Crippen molar-refractivity contribution in [2.75, 3.05) is 26.2 Å². The Bertz CT molecular complexity index is 913. The SMILES string of the molecule is CCOC(=O)N1C2CCC1CC(N1CCC3(CC1)CN(C(=O)C1CC1)Cc1ccccc13)C2.Cl. The quantitative estimate of drug-likeness (QED) is 0.636. The van der Waals surface area contributed by atoms with Crippen molar-refractivity contribution in [3.8, 4) is 0 Å². The summed E-state index contributed by atoms with van der Waals surface area (Å²) < 4.78 is 5.34. The van der Waals surface area contributed by atoms with E-state index in [0.29, 0.717) is 30.6 Å². The summed E-state index contributed by atoms with van der Waals surface area (Å²) in [5.74, 6) is 0.668. The van der Waals surface area contributed by atoms with Gasteiger partial charge in [-0.05, 0) is 82.5 Å². The van der Waals surface area contributed by atoms with Crippen LogP contribution in [0.15, 0.2) is 24.3 Å². The Hall–Kier alpha value is -1.79. The number of likely N-dealkylation sites (tertiary alicyclic amines) is 1. The second-order valence-corrected chi connectivity index (χ2v) is 11.1. The third-order valence-electron chi connectivity index (χ3n) is 9.14. The molecule has 186 valence electrons. The summed E-state index contributed by atoms with van der Waals surface area (Å²) in [7, 11) is 0. The molecule has 0 radical (unpaired) electrons. The van der Waals surface area contributed by atoms with Crippen molar-refractivity contribution >= 4 is 24.4 Å². The van der Waals surface area contributed by atoms with Crippen LogP contribution in [0, 0.1) is 5.92 Å². The molecule has 4 fully saturated rings. The van der Waals surface area contributed by atoms with Crippen molar-refractivity contribution in [3.05, 3.63) is 35.4 Å². The lowest BCUT2D eigenvalue weighted by Gasteiger charge is -2.51. The molecule has 6 rings (SSSR count). The number of nitrogens with zero attached hydrogens (tertiary/aromatic N) is 3. The van der Waals surface area contributed by atoms with Gasteiger partial charge in [0.05, 0.1) is 6.61 Å². The van der Waals surface area contributed by atoms with Gasteiger partial charge in [-0.2, -0.15) is 0 Å². The Morgan fingerprint density at radius 1 is 1.00 bits per heavy atom. The predicted molar refractivity (Wildman–Crippen MR) is 133 cm³/mol. The van der Waals surface area contributed by atoms with E-state index in [9.17, 15) is 9.59 Å². The number of ether oxygens (including phenoxy) is 1. The van der Waals surface area contributed by atoms with Gasteiger partial charge in [-0.15, -0.1) is 12.4 Å². The lowest BCUT2D eigenvalue weighted by molar-refractivity contribution is -0.135. The highest BCUT2D eigenvalue weighted by molar-refractivity contribution is 5.85. The zero-order chi connectivity index (χ0) is 22.6. The second-order valence-electron chi connectivity index (χ2n) is 11.1. The number of carbonyl (C=O) groups is 2. The molecule has 2 atom stereocenters. The smallest absolute Gasteiger partial charge is 0.410 e. The first-order chi connectivity index (χ1) is 16.1. The van der Waals surface area contributed by atoms with Crippen LogP contribution < -0.4 is 0 Å². The molecule has 5 aliphatic rings. The van der Waals surface area contributed by atoms with Crippen LogP contribution in [-0.2, 0) is 21.5 Å². The number of piperidine rings is 2. The highest BCUT2D eigenvalue weighted by Crippen LogP contribution is 2.45. The molecule has 2 amide bonds. The van der Waals surface area contributed by atoms with Crippen molar-refractivity contribution in [2.24, 2.45) is 5.92 Å². The minimum atomic E-state index is -0.111. The van der Waals surface area contributed by atoms with E-state index in [1.54, 1.807) is 0 Å². The zero-order valence-corrected chi connectivity index (χ0v) is 21.1. The summed E-state index contributed by atoms with van der Waals surface area (Å²) in [5.41, 5.74) is 2.94. The molecule has 0 N–H and O–H groups in total. The first-order valence-electron chi connectivity index (χ1n) is 13.1. The molecule has 4 heterocycles. The Balaban J connectivity index is 0.00000241. The molecule has 3 saturated heterocycles. The Labute approximate surface area is 209 Å². The third kappa shape index (κ3) is 4.11. The normalized spacial score (nSPS) is 30.0. The van der Waals surface area contributed by atoms with Gasteiger partial charge in [0.1, 0.15) is 0 Å². The van der Waals surface area contributed by atoms with Gasteiger partial charge in [-0.25, -0.2) is 4.79 Å². The number of rotatable bonds is 3. The van der Waals surface area contributed by atoms with Crippen LogP contribution in [0.2, 0.25) is 0 Å². The fourth-order valence-electron chi connectivity index (χ4n) is 7.32. The van der Waals surface area contributed by atoms with E-state index in [2.05, 4.69) is 34.1 Å². The molecule has 6 nitrogen and oxygen atoms in total. The van der Waals surface area contributed by atoms with Gasteiger partial charge in [0.25, 0.3) is 0 Å². The maximum Gasteiger partial charge on any atom is 0.410 e. The largest absolute Gasteiger partial charge is 0.450 e. The van der Waals surface area contributed by atoms with E-state index < -0.39 is 0 Å². The van der Waals surface area contributed by atoms with Gasteiger partial charge < -0.3 is 19.4 Å². The fourth-order valence-corrected chi connectivity index (χ4v) is 7.32. The molecule has 2 unspecified atom stereocenters. The highest BCUT2D eigenvalue weighted by atomic mass is 35.5. The molecule has 1 aromatic carbocycles. The third-order valence-corrected chi connectivity index (χ3v) is 9.14. The lowest BCUT2D eigenvalue weighted by atomic mass is 9.68. The van der Waals surface area contributed by atoms with E-state index >= 15 is 0 Å². The van der Waals surface area contributed by atoms with E-state index in [4.69, 9.17) is 4.74 Å². The standard InChI is InChI=1S/C27H37N3O3.ClH/c1-2-33-26(32)30-21-9-10-22(30)16-23(15-21)28-13-11-27(12-14-28)18-29(25(31)19-7-8-19)17-20-5-3-4-6-24(20)27;/h3-6,19,21-23H,2,7-18H2,1H3;1H. The first kappa shape index (κ1) is 23.9. The summed E-state index contributed by atoms with van der Waals surface area (Å²) in [6, 6.07) is 10.1. The van der Waals surface area contributed by atoms with Gasteiger partial charge in [-0.1, -0.05) is 24.3 Å². The molecule has 1 saturated carbocycles. The van der Waals surface area contributed by atoms with Crippen LogP contribution >= 0.6 is 12.4 Å². The molecule has 4 aliphatic heterocycles. The molecular formula is C27H38ClN3O3. The van der Waals surface area contributed by atoms with Gasteiger partial charge in [0.2, 0.25) is 5.91 Å². The highest BCUT2D eigenvalue weighted by Gasteiger charge is 2.49. The molecular weight excluding hydrogens is 450 g/mol. The van der Waals surface area contributed by atoms with Gasteiger partial charge in [0, 0.05) is 42.5 Å². The van der Waals surface area contributed by atoms with Gasteiger partial charge >= 0.3 is 6.09 Å². The monoisotopic (exact) mass is 487 g/mol. The summed E-state index contributed by atoms with van der Waals surface area (Å²) in [4.78, 5) is 32.4. The Kier molecular flexibility index (Phi) is 6.58. The summed E-state index contributed by atoms with van der Waals surface area (Å²) in [6.45, 7) is 6.19. The summed E-state index contributed by atoms with van der Waals surface area (Å²) >= 11 is 0. The summed E-state index contributed by atoms with van der Waals surface area (Å²) in [6.07, 6.45) is 8.65. The van der Waals surface area contributed by atoms with Crippen LogP contribution in [0.5, 0.6) is 0 Å². The van der Waals surface area contributed by atoms with E-state index in [-0.39, 0.29) is 29.8 Å². The molecule has 34 heavy (non-hydrogen) atoms. The Morgan fingerprint density at radius 3 is 2.32 bits per heavy atom. The van der Waals surface area contributed by atoms with Crippen molar-refractivity contribution in [1.29, 1.82) is 0 Å². The molecule has 1 spiro atoms. The number of hydrogen-bond donors (Lipinski definition) is 0. The summed E-state index contributed by atoms with van der Waals surface area (Å²) in [5, 5.41) is 0. The Morgan fingerprint density at radius 2 is 1.68 bits per heavy atom. The number of carbonyl (C=O) groups excluding carboxylic acids is 2. The maximum atomic E-state index is 13.0. The minimum absolute atomic E-state index is 0. The molecule has 7 heteroatoms. The van der Waals surface area contributed by atoms with E-state index in [0.717, 1.165) is 77.5 Å². The van der Waals surface area contributed by atoms with Gasteiger partial charge in [-0.3, -0.25) is 4.79 Å². The van der Waals surface area contributed by atoms with Crippen LogP contribution in [0.1, 0.15) is 69.4 Å². The average molecular weight is 488 g/mol. The van der Waals surface area contributed by atoms with Gasteiger partial charge in [0.15, 0.2) is 0 Å².